The van der Waals surface area contributed by atoms with Gasteiger partial charge in [-0.1, -0.05) is 25.5 Å². The van der Waals surface area contributed by atoms with Gasteiger partial charge in [0, 0.05) is 17.5 Å². The van der Waals surface area contributed by atoms with Crippen molar-refractivity contribution in [2.45, 2.75) is 44.8 Å². The monoisotopic (exact) mass is 249 g/mol. The minimum absolute atomic E-state index is 0.624. The number of hydrogen-bond donors (Lipinski definition) is 1. The lowest BCUT2D eigenvalue weighted by Crippen LogP contribution is -2.10. The van der Waals surface area contributed by atoms with Gasteiger partial charge in [0.25, 0.3) is 0 Å². The van der Waals surface area contributed by atoms with Gasteiger partial charge in [-0.25, -0.2) is 0 Å². The molecule has 2 rings (SSSR count). The lowest BCUT2D eigenvalue weighted by Gasteiger charge is -2.21. The Morgan fingerprint density at radius 1 is 1.41 bits per heavy atom. The Hall–Kier alpha value is -0.630. The Morgan fingerprint density at radius 3 is 3.12 bits per heavy atom. The van der Waals surface area contributed by atoms with Crippen LogP contribution in [0.25, 0.3) is 0 Å². The highest BCUT2D eigenvalue weighted by atomic mass is 32.2. The molecule has 0 radical (unpaired) electrons. The van der Waals surface area contributed by atoms with Crippen molar-refractivity contribution < 1.29 is 0 Å². The first-order valence-electron chi connectivity index (χ1n) is 6.79. The number of anilines is 1. The van der Waals surface area contributed by atoms with Crippen LogP contribution in [0.4, 0.5) is 5.69 Å². The largest absolute Gasteiger partial charge is 0.385 e. The maximum atomic E-state index is 3.57. The molecule has 1 aliphatic rings. The highest BCUT2D eigenvalue weighted by Crippen LogP contribution is 2.36. The number of fused-ring (bicyclic) bond motifs is 1. The fourth-order valence-electron chi connectivity index (χ4n) is 2.29. The van der Waals surface area contributed by atoms with Crippen LogP contribution in [0.5, 0.6) is 0 Å². The van der Waals surface area contributed by atoms with Crippen LogP contribution in [0, 0.1) is 0 Å². The summed E-state index contributed by atoms with van der Waals surface area (Å²) in [6.45, 7) is 5.70. The van der Waals surface area contributed by atoms with Crippen LogP contribution in [0.2, 0.25) is 0 Å². The molecule has 0 spiro atoms. The molecule has 1 N–H and O–H groups in total. The summed E-state index contributed by atoms with van der Waals surface area (Å²) < 4.78 is 0. The van der Waals surface area contributed by atoms with Crippen molar-refractivity contribution in [3.8, 4) is 0 Å². The Kier molecular flexibility index (Phi) is 4.78. The van der Waals surface area contributed by atoms with Crippen molar-refractivity contribution in [2.75, 3.05) is 17.6 Å². The molecule has 1 aromatic carbocycles. The summed E-state index contributed by atoms with van der Waals surface area (Å²) in [4.78, 5) is 0. The Morgan fingerprint density at radius 2 is 2.29 bits per heavy atom. The summed E-state index contributed by atoms with van der Waals surface area (Å²) in [5.41, 5.74) is 4.36. The standard InChI is InChI=1S/C15H23NS/c1-3-4-6-13-7-8-15-14(11-13)12(2)17-10-5-9-16-15/h7-8,11-12,16H,3-6,9-10H2,1-2H3. The number of thioether (sulfide) groups is 1. The second-order valence-corrected chi connectivity index (χ2v) is 6.27. The van der Waals surface area contributed by atoms with Crippen LogP contribution in [-0.4, -0.2) is 12.3 Å². The minimum Gasteiger partial charge on any atom is -0.385 e. The number of rotatable bonds is 3. The molecule has 1 aromatic rings. The fourth-order valence-corrected chi connectivity index (χ4v) is 3.33. The van der Waals surface area contributed by atoms with Crippen LogP contribution < -0.4 is 5.32 Å². The van der Waals surface area contributed by atoms with Gasteiger partial charge in [-0.15, -0.1) is 0 Å². The molecule has 0 aromatic heterocycles. The van der Waals surface area contributed by atoms with E-state index in [0.29, 0.717) is 5.25 Å². The molecule has 0 fully saturated rings. The van der Waals surface area contributed by atoms with Crippen molar-refractivity contribution in [1.82, 2.24) is 0 Å². The van der Waals surface area contributed by atoms with E-state index >= 15 is 0 Å². The third-order valence-electron chi connectivity index (χ3n) is 3.38. The first-order valence-corrected chi connectivity index (χ1v) is 7.84. The molecule has 1 nitrogen and oxygen atoms in total. The molecular formula is C15H23NS. The number of aryl methyl sites for hydroxylation is 1. The van der Waals surface area contributed by atoms with E-state index in [2.05, 4.69) is 49.1 Å². The fraction of sp³-hybridized carbons (Fsp3) is 0.600. The molecule has 1 aliphatic heterocycles. The van der Waals surface area contributed by atoms with Crippen LogP contribution in [0.15, 0.2) is 18.2 Å². The summed E-state index contributed by atoms with van der Waals surface area (Å²) in [6.07, 6.45) is 5.07. The van der Waals surface area contributed by atoms with E-state index in [1.54, 1.807) is 0 Å². The molecule has 17 heavy (non-hydrogen) atoms. The summed E-state index contributed by atoms with van der Waals surface area (Å²) >= 11 is 2.09. The molecule has 1 unspecified atom stereocenters. The lowest BCUT2D eigenvalue weighted by atomic mass is 10.0. The van der Waals surface area contributed by atoms with E-state index < -0.39 is 0 Å². The molecular weight excluding hydrogens is 226 g/mol. The molecule has 94 valence electrons. The second-order valence-electron chi connectivity index (χ2n) is 4.82. The van der Waals surface area contributed by atoms with E-state index in [-0.39, 0.29) is 0 Å². The van der Waals surface area contributed by atoms with E-state index in [1.165, 1.54) is 48.3 Å². The van der Waals surface area contributed by atoms with Gasteiger partial charge in [0.2, 0.25) is 0 Å². The molecule has 0 saturated carbocycles. The SMILES string of the molecule is CCCCc1ccc2c(c1)C(C)SCCCN2. The van der Waals surface area contributed by atoms with Gasteiger partial charge in [-0.3, -0.25) is 0 Å². The molecule has 0 bridgehead atoms. The predicted molar refractivity (Wildman–Crippen MR) is 79.0 cm³/mol. The quantitative estimate of drug-likeness (QED) is 0.837. The van der Waals surface area contributed by atoms with E-state index in [9.17, 15) is 0 Å². The number of benzene rings is 1. The second kappa shape index (κ2) is 6.34. The van der Waals surface area contributed by atoms with Crippen molar-refractivity contribution in [3.63, 3.8) is 0 Å². The van der Waals surface area contributed by atoms with Crippen molar-refractivity contribution in [3.05, 3.63) is 29.3 Å². The van der Waals surface area contributed by atoms with Gasteiger partial charge < -0.3 is 5.32 Å². The summed E-state index contributed by atoms with van der Waals surface area (Å²) in [5.74, 6) is 1.27. The van der Waals surface area contributed by atoms with Gasteiger partial charge in [-0.05, 0) is 49.1 Å². The topological polar surface area (TPSA) is 12.0 Å². The molecule has 2 heteroatoms. The molecule has 1 heterocycles. The van der Waals surface area contributed by atoms with Gasteiger partial charge in [0.15, 0.2) is 0 Å². The lowest BCUT2D eigenvalue weighted by molar-refractivity contribution is 0.793. The molecule has 0 saturated heterocycles. The first kappa shape index (κ1) is 12.8. The van der Waals surface area contributed by atoms with Gasteiger partial charge in [0.1, 0.15) is 0 Å². The number of unbranched alkanes of at least 4 members (excludes halogenated alkanes) is 1. The normalized spacial score (nSPS) is 20.0. The maximum Gasteiger partial charge on any atom is 0.0384 e. The average Bonchev–Trinajstić information content (AvgIpc) is 2.34. The highest BCUT2D eigenvalue weighted by molar-refractivity contribution is 7.99. The Balaban J connectivity index is 2.20. The highest BCUT2D eigenvalue weighted by Gasteiger charge is 2.14. The van der Waals surface area contributed by atoms with Crippen LogP contribution >= 0.6 is 11.8 Å². The first-order chi connectivity index (χ1) is 8.31. The van der Waals surface area contributed by atoms with Gasteiger partial charge in [0.05, 0.1) is 0 Å². The van der Waals surface area contributed by atoms with Crippen molar-refractivity contribution in [1.29, 1.82) is 0 Å². The van der Waals surface area contributed by atoms with Gasteiger partial charge in [-0.2, -0.15) is 11.8 Å². The predicted octanol–water partition coefficient (Wildman–Crippen LogP) is 4.64. The Labute approximate surface area is 109 Å². The van der Waals surface area contributed by atoms with Crippen LogP contribution in [0.3, 0.4) is 0 Å². The zero-order valence-electron chi connectivity index (χ0n) is 11.0. The summed E-state index contributed by atoms with van der Waals surface area (Å²) in [6, 6.07) is 6.99. The third-order valence-corrected chi connectivity index (χ3v) is 4.66. The zero-order valence-corrected chi connectivity index (χ0v) is 11.8. The van der Waals surface area contributed by atoms with Crippen molar-refractivity contribution in [2.24, 2.45) is 0 Å². The van der Waals surface area contributed by atoms with Crippen LogP contribution in [0.1, 0.15) is 49.5 Å². The third kappa shape index (κ3) is 3.41. The number of nitrogens with one attached hydrogen (secondary N) is 1. The average molecular weight is 249 g/mol. The summed E-state index contributed by atoms with van der Waals surface area (Å²) in [7, 11) is 0. The smallest absolute Gasteiger partial charge is 0.0384 e. The molecule has 0 aliphatic carbocycles. The van der Waals surface area contributed by atoms with Crippen molar-refractivity contribution >= 4 is 17.4 Å². The number of hydrogen-bond acceptors (Lipinski definition) is 2. The Bertz CT molecular complexity index is 362. The van der Waals surface area contributed by atoms with E-state index in [0.717, 1.165) is 6.54 Å². The molecule has 1 atom stereocenters. The van der Waals surface area contributed by atoms with Gasteiger partial charge >= 0.3 is 0 Å². The minimum atomic E-state index is 0.624. The molecule has 0 amide bonds. The van der Waals surface area contributed by atoms with E-state index in [4.69, 9.17) is 0 Å². The maximum absolute atomic E-state index is 3.57. The van der Waals surface area contributed by atoms with Crippen LogP contribution in [-0.2, 0) is 6.42 Å². The zero-order chi connectivity index (χ0) is 12.1. The van der Waals surface area contributed by atoms with E-state index in [1.807, 2.05) is 0 Å². The summed E-state index contributed by atoms with van der Waals surface area (Å²) in [5, 5.41) is 4.19.